The normalized spacial score (nSPS) is 25.2. The van der Waals surface area contributed by atoms with Crippen LogP contribution in [0.3, 0.4) is 0 Å². The lowest BCUT2D eigenvalue weighted by molar-refractivity contribution is -0.0996. The van der Waals surface area contributed by atoms with Crippen molar-refractivity contribution in [1.29, 1.82) is 0 Å². The quantitative estimate of drug-likeness (QED) is 0.809. The summed E-state index contributed by atoms with van der Waals surface area (Å²) < 4.78 is 11.0. The molecule has 0 aliphatic heterocycles. The number of hydrogen-bond acceptors (Lipinski definition) is 4. The summed E-state index contributed by atoms with van der Waals surface area (Å²) in [4.78, 5) is 0. The Kier molecular flexibility index (Phi) is 5.25. The molecule has 3 atom stereocenters. The van der Waals surface area contributed by atoms with Crippen LogP contribution in [-0.2, 0) is 4.74 Å². The lowest BCUT2D eigenvalue weighted by atomic mass is 9.64. The van der Waals surface area contributed by atoms with Gasteiger partial charge in [-0.1, -0.05) is 26.0 Å². The summed E-state index contributed by atoms with van der Waals surface area (Å²) in [7, 11) is 1.76. The van der Waals surface area contributed by atoms with Crippen LogP contribution < -0.4 is 10.1 Å². The highest BCUT2D eigenvalue weighted by atomic mass is 16.5. The molecule has 1 fully saturated rings. The zero-order valence-corrected chi connectivity index (χ0v) is 13.4. The van der Waals surface area contributed by atoms with E-state index in [4.69, 9.17) is 9.47 Å². The van der Waals surface area contributed by atoms with Gasteiger partial charge in [0.25, 0.3) is 0 Å². The fraction of sp³-hybridized carbons (Fsp3) is 0.647. The molecule has 4 nitrogen and oxygen atoms in total. The Bertz CT molecular complexity index is 461. The average Bonchev–Trinajstić information content (AvgIpc) is 2.44. The zero-order chi connectivity index (χ0) is 15.5. The maximum absolute atomic E-state index is 10.0. The minimum Gasteiger partial charge on any atom is -0.491 e. The maximum atomic E-state index is 10.0. The first-order valence-electron chi connectivity index (χ1n) is 7.57. The summed E-state index contributed by atoms with van der Waals surface area (Å²) in [5, 5.41) is 13.4. The predicted octanol–water partition coefficient (Wildman–Crippen LogP) is 2.14. The lowest BCUT2D eigenvalue weighted by Crippen LogP contribution is -2.61. The topological polar surface area (TPSA) is 50.7 Å². The molecule has 1 aromatic carbocycles. The van der Waals surface area contributed by atoms with E-state index in [1.165, 1.54) is 0 Å². The highest BCUT2D eigenvalue weighted by molar-refractivity contribution is 5.27. The van der Waals surface area contributed by atoms with Crippen molar-refractivity contribution in [2.75, 3.05) is 20.3 Å². The molecule has 0 spiro atoms. The van der Waals surface area contributed by atoms with Gasteiger partial charge in [-0.2, -0.15) is 0 Å². The van der Waals surface area contributed by atoms with Crippen molar-refractivity contribution in [3.05, 3.63) is 29.8 Å². The van der Waals surface area contributed by atoms with Gasteiger partial charge in [0.05, 0.1) is 6.10 Å². The van der Waals surface area contributed by atoms with Gasteiger partial charge in [-0.25, -0.2) is 0 Å². The van der Waals surface area contributed by atoms with Gasteiger partial charge < -0.3 is 19.9 Å². The van der Waals surface area contributed by atoms with Gasteiger partial charge in [-0.3, -0.25) is 0 Å². The van der Waals surface area contributed by atoms with Crippen LogP contribution in [0.4, 0.5) is 0 Å². The van der Waals surface area contributed by atoms with Crippen LogP contribution in [0.5, 0.6) is 5.75 Å². The van der Waals surface area contributed by atoms with Crippen LogP contribution in [0, 0.1) is 12.3 Å². The molecule has 0 radical (unpaired) electrons. The first-order valence-corrected chi connectivity index (χ1v) is 7.57. The van der Waals surface area contributed by atoms with Gasteiger partial charge in [-0.15, -0.1) is 0 Å². The van der Waals surface area contributed by atoms with Crippen molar-refractivity contribution in [1.82, 2.24) is 5.32 Å². The van der Waals surface area contributed by atoms with E-state index in [2.05, 4.69) is 19.2 Å². The SMILES string of the molecule is COC1CC(NCC(O)COc2cccc(C)c2)C1(C)C. The molecule has 1 saturated carbocycles. The second-order valence-corrected chi connectivity index (χ2v) is 6.52. The fourth-order valence-corrected chi connectivity index (χ4v) is 2.87. The van der Waals surface area contributed by atoms with Gasteiger partial charge in [0.2, 0.25) is 0 Å². The molecule has 118 valence electrons. The molecule has 1 aromatic rings. The highest BCUT2D eigenvalue weighted by Gasteiger charge is 2.48. The van der Waals surface area contributed by atoms with Crippen molar-refractivity contribution in [3.63, 3.8) is 0 Å². The summed E-state index contributed by atoms with van der Waals surface area (Å²) >= 11 is 0. The average molecular weight is 293 g/mol. The van der Waals surface area contributed by atoms with Gasteiger partial charge >= 0.3 is 0 Å². The standard InChI is InChI=1S/C17H27NO3/c1-12-6-5-7-14(8-12)21-11-13(19)10-18-15-9-16(20-4)17(15,2)3/h5-8,13,15-16,18-19H,9-11H2,1-4H3. The summed E-state index contributed by atoms with van der Waals surface area (Å²) in [6.45, 7) is 7.25. The largest absolute Gasteiger partial charge is 0.491 e. The van der Waals surface area contributed by atoms with E-state index in [0.29, 0.717) is 25.3 Å². The minimum atomic E-state index is -0.511. The number of rotatable bonds is 7. The van der Waals surface area contributed by atoms with Crippen molar-refractivity contribution in [2.45, 2.75) is 45.4 Å². The molecule has 21 heavy (non-hydrogen) atoms. The van der Waals surface area contributed by atoms with E-state index >= 15 is 0 Å². The van der Waals surface area contributed by atoms with E-state index < -0.39 is 6.10 Å². The Morgan fingerprint density at radius 1 is 1.43 bits per heavy atom. The monoisotopic (exact) mass is 293 g/mol. The third-order valence-electron chi connectivity index (χ3n) is 4.49. The number of benzene rings is 1. The van der Waals surface area contributed by atoms with Gasteiger partial charge in [0, 0.05) is 25.1 Å². The molecule has 1 aliphatic carbocycles. The number of aryl methyl sites for hydroxylation is 1. The van der Waals surface area contributed by atoms with Crippen molar-refractivity contribution >= 4 is 0 Å². The number of methoxy groups -OCH3 is 1. The first kappa shape index (κ1) is 16.3. The summed E-state index contributed by atoms with van der Waals surface area (Å²) in [6.07, 6.45) is 0.785. The van der Waals surface area contributed by atoms with E-state index in [9.17, 15) is 5.11 Å². The van der Waals surface area contributed by atoms with Crippen molar-refractivity contribution < 1.29 is 14.6 Å². The second-order valence-electron chi connectivity index (χ2n) is 6.52. The third kappa shape index (κ3) is 3.96. The number of aliphatic hydroxyl groups excluding tert-OH is 1. The summed E-state index contributed by atoms with van der Waals surface area (Å²) in [6, 6.07) is 8.24. The van der Waals surface area contributed by atoms with Crippen LogP contribution in [0.15, 0.2) is 24.3 Å². The molecule has 0 aromatic heterocycles. The molecule has 1 aliphatic rings. The summed E-state index contributed by atoms with van der Waals surface area (Å²) in [5.74, 6) is 0.803. The predicted molar refractivity (Wildman–Crippen MR) is 83.7 cm³/mol. The molecule has 2 rings (SSSR count). The van der Waals surface area contributed by atoms with Gasteiger partial charge in [0.15, 0.2) is 0 Å². The first-order chi connectivity index (χ1) is 9.93. The van der Waals surface area contributed by atoms with Crippen LogP contribution in [-0.4, -0.2) is 43.6 Å². The van der Waals surface area contributed by atoms with Gasteiger partial charge in [-0.05, 0) is 31.0 Å². The van der Waals surface area contributed by atoms with Crippen molar-refractivity contribution in [2.24, 2.45) is 5.41 Å². The molecule has 0 saturated heterocycles. The van der Waals surface area contributed by atoms with Crippen LogP contribution in [0.1, 0.15) is 25.8 Å². The molecular weight excluding hydrogens is 266 g/mol. The van der Waals surface area contributed by atoms with E-state index in [-0.39, 0.29) is 5.41 Å². The molecule has 4 heteroatoms. The Hall–Kier alpha value is -1.10. The van der Waals surface area contributed by atoms with Crippen LogP contribution >= 0.6 is 0 Å². The molecule has 2 N–H and O–H groups in total. The smallest absolute Gasteiger partial charge is 0.119 e. The van der Waals surface area contributed by atoms with E-state index in [0.717, 1.165) is 17.7 Å². The molecule has 0 amide bonds. The Balaban J connectivity index is 1.70. The maximum Gasteiger partial charge on any atom is 0.119 e. The molecule has 0 heterocycles. The second kappa shape index (κ2) is 6.77. The third-order valence-corrected chi connectivity index (χ3v) is 4.49. The fourth-order valence-electron chi connectivity index (χ4n) is 2.87. The Morgan fingerprint density at radius 2 is 2.19 bits per heavy atom. The minimum absolute atomic E-state index is 0.117. The summed E-state index contributed by atoms with van der Waals surface area (Å²) in [5.41, 5.74) is 1.27. The molecule has 3 unspecified atom stereocenters. The highest BCUT2D eigenvalue weighted by Crippen LogP contribution is 2.42. The Labute approximate surface area is 127 Å². The van der Waals surface area contributed by atoms with Crippen LogP contribution in [0.25, 0.3) is 0 Å². The van der Waals surface area contributed by atoms with E-state index in [1.807, 2.05) is 31.2 Å². The molecular formula is C17H27NO3. The number of nitrogens with one attached hydrogen (secondary N) is 1. The number of aliphatic hydroxyl groups is 1. The number of hydrogen-bond donors (Lipinski definition) is 2. The Morgan fingerprint density at radius 3 is 2.81 bits per heavy atom. The lowest BCUT2D eigenvalue weighted by Gasteiger charge is -2.51. The zero-order valence-electron chi connectivity index (χ0n) is 13.4. The number of ether oxygens (including phenoxy) is 2. The van der Waals surface area contributed by atoms with Crippen LogP contribution in [0.2, 0.25) is 0 Å². The van der Waals surface area contributed by atoms with Crippen molar-refractivity contribution in [3.8, 4) is 5.75 Å². The van der Waals surface area contributed by atoms with E-state index in [1.54, 1.807) is 7.11 Å². The van der Waals surface area contributed by atoms with Gasteiger partial charge in [0.1, 0.15) is 18.5 Å². The molecule has 0 bridgehead atoms.